The number of nitrogens with zero attached hydrogens (tertiary/aromatic N) is 1. The molecule has 2 aromatic rings. The maximum absolute atomic E-state index is 13.2. The fourth-order valence-corrected chi connectivity index (χ4v) is 5.24. The Bertz CT molecular complexity index is 1080. The molecule has 2 unspecified atom stereocenters. The fourth-order valence-electron chi connectivity index (χ4n) is 5.24. The van der Waals surface area contributed by atoms with Crippen LogP contribution in [0, 0.1) is 5.41 Å². The molecule has 2 atom stereocenters. The second kappa shape index (κ2) is 8.76. The summed E-state index contributed by atoms with van der Waals surface area (Å²) in [4.78, 5) is 38.7. The Labute approximate surface area is 197 Å². The van der Waals surface area contributed by atoms with Crippen LogP contribution in [0.15, 0.2) is 48.5 Å². The van der Waals surface area contributed by atoms with Crippen LogP contribution in [0.4, 0.5) is 4.79 Å². The van der Waals surface area contributed by atoms with Crippen molar-refractivity contribution in [3.05, 3.63) is 59.7 Å². The molecule has 2 fully saturated rings. The molecule has 5 rings (SSSR count). The number of benzene rings is 2. The van der Waals surface area contributed by atoms with Gasteiger partial charge in [-0.05, 0) is 35.1 Å². The van der Waals surface area contributed by atoms with E-state index in [2.05, 4.69) is 29.6 Å². The highest BCUT2D eigenvalue weighted by atomic mass is 16.5. The van der Waals surface area contributed by atoms with Gasteiger partial charge in [-0.25, -0.2) is 9.59 Å². The first-order valence-electron chi connectivity index (χ1n) is 11.6. The molecule has 2 aromatic carbocycles. The molecule has 1 heterocycles. The quantitative estimate of drug-likeness (QED) is 0.653. The van der Waals surface area contributed by atoms with E-state index >= 15 is 0 Å². The third-order valence-electron chi connectivity index (χ3n) is 7.36. The van der Waals surface area contributed by atoms with Crippen LogP contribution in [-0.2, 0) is 19.1 Å². The van der Waals surface area contributed by atoms with Gasteiger partial charge in [0.05, 0.1) is 11.5 Å². The van der Waals surface area contributed by atoms with Crippen LogP contribution in [0.3, 0.4) is 0 Å². The Kier molecular flexibility index (Phi) is 5.77. The highest BCUT2D eigenvalue weighted by Crippen LogP contribution is 2.48. The van der Waals surface area contributed by atoms with Gasteiger partial charge in [0, 0.05) is 32.5 Å². The predicted octanol–water partition coefficient (Wildman–Crippen LogP) is 3.01. The average molecular weight is 465 g/mol. The lowest BCUT2D eigenvalue weighted by Crippen LogP contribution is -2.47. The summed E-state index contributed by atoms with van der Waals surface area (Å²) in [5, 5.41) is 12.3. The van der Waals surface area contributed by atoms with Crippen molar-refractivity contribution in [2.24, 2.45) is 5.41 Å². The number of methoxy groups -OCH3 is 1. The van der Waals surface area contributed by atoms with Crippen molar-refractivity contribution >= 4 is 18.0 Å². The van der Waals surface area contributed by atoms with Crippen LogP contribution in [0.25, 0.3) is 11.1 Å². The van der Waals surface area contributed by atoms with Crippen LogP contribution in [0.1, 0.15) is 36.3 Å². The molecule has 2 amide bonds. The lowest BCUT2D eigenvalue weighted by atomic mass is 9.98. The number of carbonyl (C=O) groups is 3. The first kappa shape index (κ1) is 22.4. The first-order chi connectivity index (χ1) is 16.4. The molecule has 8 heteroatoms. The number of amides is 2. The molecule has 1 saturated heterocycles. The number of carboxylic acids is 1. The van der Waals surface area contributed by atoms with Gasteiger partial charge in [0.15, 0.2) is 0 Å². The Morgan fingerprint density at radius 2 is 1.68 bits per heavy atom. The second-order valence-corrected chi connectivity index (χ2v) is 9.36. The number of rotatable bonds is 7. The standard InChI is InChI=1S/C26H28N2O6/c1-33-16-12-22(23(29)30)28(13-16)24(31)26(10-11-26)15-27-25(32)34-14-21-19-8-4-2-6-17(19)18-7-3-5-9-20(18)21/h2-9,16,21-22H,10-15H2,1H3,(H,27,32)(H,29,30). The number of likely N-dealkylation sites (tertiary alicyclic amines) is 1. The number of hydrogen-bond donors (Lipinski definition) is 2. The average Bonchev–Trinajstić information content (AvgIpc) is 3.40. The van der Waals surface area contributed by atoms with Crippen LogP contribution < -0.4 is 5.32 Å². The van der Waals surface area contributed by atoms with Crippen LogP contribution in [-0.4, -0.2) is 66.9 Å². The zero-order valence-electron chi connectivity index (χ0n) is 19.0. The molecule has 1 aliphatic heterocycles. The van der Waals surface area contributed by atoms with E-state index in [4.69, 9.17) is 9.47 Å². The Hall–Kier alpha value is -3.39. The van der Waals surface area contributed by atoms with E-state index in [1.54, 1.807) is 0 Å². The number of aliphatic carboxylic acids is 1. The smallest absolute Gasteiger partial charge is 0.407 e. The molecular weight excluding hydrogens is 436 g/mol. The highest BCUT2D eigenvalue weighted by molar-refractivity contribution is 5.90. The molecule has 0 spiro atoms. The van der Waals surface area contributed by atoms with Gasteiger partial charge >= 0.3 is 12.1 Å². The lowest BCUT2D eigenvalue weighted by molar-refractivity contribution is -0.150. The Morgan fingerprint density at radius 1 is 1.06 bits per heavy atom. The second-order valence-electron chi connectivity index (χ2n) is 9.36. The summed E-state index contributed by atoms with van der Waals surface area (Å²) in [5.41, 5.74) is 3.81. The minimum Gasteiger partial charge on any atom is -0.480 e. The minimum absolute atomic E-state index is 0.0402. The topological polar surface area (TPSA) is 105 Å². The molecule has 2 N–H and O–H groups in total. The van der Waals surface area contributed by atoms with Crippen LogP contribution in [0.2, 0.25) is 0 Å². The van der Waals surface area contributed by atoms with Crippen molar-refractivity contribution in [1.82, 2.24) is 10.2 Å². The van der Waals surface area contributed by atoms with Crippen molar-refractivity contribution in [2.45, 2.75) is 37.3 Å². The summed E-state index contributed by atoms with van der Waals surface area (Å²) >= 11 is 0. The summed E-state index contributed by atoms with van der Waals surface area (Å²) in [6, 6.07) is 15.3. The van der Waals surface area contributed by atoms with Crippen LogP contribution >= 0.6 is 0 Å². The fraction of sp³-hybridized carbons (Fsp3) is 0.423. The van der Waals surface area contributed by atoms with Gasteiger partial charge in [-0.2, -0.15) is 0 Å². The molecule has 2 aliphatic carbocycles. The number of carboxylic acid groups (broad SMARTS) is 1. The number of ether oxygens (including phenoxy) is 2. The van der Waals surface area contributed by atoms with Gasteiger partial charge in [-0.1, -0.05) is 48.5 Å². The zero-order chi connectivity index (χ0) is 23.9. The van der Waals surface area contributed by atoms with E-state index in [0.717, 1.165) is 22.3 Å². The Balaban J connectivity index is 1.20. The minimum atomic E-state index is -1.03. The predicted molar refractivity (Wildman–Crippen MR) is 123 cm³/mol. The molecule has 0 radical (unpaired) electrons. The van der Waals surface area contributed by atoms with E-state index in [1.165, 1.54) is 12.0 Å². The van der Waals surface area contributed by atoms with Crippen molar-refractivity contribution in [1.29, 1.82) is 0 Å². The normalized spacial score (nSPS) is 22.1. The molecule has 8 nitrogen and oxygen atoms in total. The van der Waals surface area contributed by atoms with Gasteiger partial charge in [0.2, 0.25) is 5.91 Å². The van der Waals surface area contributed by atoms with Crippen molar-refractivity contribution in [3.8, 4) is 11.1 Å². The van der Waals surface area contributed by atoms with E-state index in [-0.39, 0.29) is 44.0 Å². The van der Waals surface area contributed by atoms with Gasteiger partial charge in [-0.3, -0.25) is 4.79 Å². The number of alkyl carbamates (subject to hydrolysis) is 1. The third-order valence-corrected chi connectivity index (χ3v) is 7.36. The highest BCUT2D eigenvalue weighted by Gasteiger charge is 2.55. The van der Waals surface area contributed by atoms with Crippen molar-refractivity contribution in [2.75, 3.05) is 26.8 Å². The molecule has 0 bridgehead atoms. The monoisotopic (exact) mass is 464 g/mol. The first-order valence-corrected chi connectivity index (χ1v) is 11.6. The maximum atomic E-state index is 13.2. The summed E-state index contributed by atoms with van der Waals surface area (Å²) in [6.45, 7) is 0.575. The van der Waals surface area contributed by atoms with E-state index in [0.29, 0.717) is 12.8 Å². The van der Waals surface area contributed by atoms with E-state index < -0.39 is 23.5 Å². The van der Waals surface area contributed by atoms with Gasteiger partial charge in [0.1, 0.15) is 12.6 Å². The molecule has 1 saturated carbocycles. The summed E-state index contributed by atoms with van der Waals surface area (Å²) < 4.78 is 10.9. The summed E-state index contributed by atoms with van der Waals surface area (Å²) in [6.07, 6.45) is 0.613. The largest absolute Gasteiger partial charge is 0.480 e. The van der Waals surface area contributed by atoms with Gasteiger partial charge < -0.3 is 24.8 Å². The maximum Gasteiger partial charge on any atom is 0.407 e. The Morgan fingerprint density at radius 3 is 2.24 bits per heavy atom. The number of hydrogen-bond acceptors (Lipinski definition) is 5. The number of fused-ring (bicyclic) bond motifs is 3. The van der Waals surface area contributed by atoms with Crippen molar-refractivity contribution in [3.63, 3.8) is 0 Å². The van der Waals surface area contributed by atoms with Gasteiger partial charge in [-0.15, -0.1) is 0 Å². The van der Waals surface area contributed by atoms with E-state index in [9.17, 15) is 19.5 Å². The molecule has 0 aromatic heterocycles. The number of nitrogens with one attached hydrogen (secondary N) is 1. The SMILES string of the molecule is COC1CC(C(=O)O)N(C(=O)C2(CNC(=O)OCC3c4ccccc4-c4ccccc43)CC2)C1. The lowest BCUT2D eigenvalue weighted by Gasteiger charge is -2.26. The van der Waals surface area contributed by atoms with E-state index in [1.807, 2.05) is 24.3 Å². The molecule has 178 valence electrons. The third kappa shape index (κ3) is 3.92. The van der Waals surface area contributed by atoms with Crippen LogP contribution in [0.5, 0.6) is 0 Å². The van der Waals surface area contributed by atoms with Gasteiger partial charge in [0.25, 0.3) is 0 Å². The summed E-state index contributed by atoms with van der Waals surface area (Å²) in [7, 11) is 1.52. The number of carbonyl (C=O) groups excluding carboxylic acids is 2. The molecular formula is C26H28N2O6. The zero-order valence-corrected chi connectivity index (χ0v) is 19.0. The molecule has 3 aliphatic rings. The summed E-state index contributed by atoms with van der Waals surface area (Å²) in [5.74, 6) is -1.31. The molecule has 34 heavy (non-hydrogen) atoms. The van der Waals surface area contributed by atoms with Crippen molar-refractivity contribution < 1.29 is 29.0 Å².